The zero-order chi connectivity index (χ0) is 19.5. The van der Waals surface area contributed by atoms with Crippen molar-refractivity contribution in [3.8, 4) is 16.3 Å². The molecule has 1 aliphatic rings. The number of aromatic nitrogens is 2. The smallest absolute Gasteiger partial charge is 0.263 e. The second-order valence-electron chi connectivity index (χ2n) is 6.65. The van der Waals surface area contributed by atoms with Crippen LogP contribution in [0.15, 0.2) is 47.8 Å². The van der Waals surface area contributed by atoms with Crippen LogP contribution in [0.25, 0.3) is 10.6 Å². The molecule has 0 spiro atoms. The average Bonchev–Trinajstić information content (AvgIpc) is 3.39. The summed E-state index contributed by atoms with van der Waals surface area (Å²) in [6.45, 7) is 4.54. The monoisotopic (exact) mass is 416 g/mol. The van der Waals surface area contributed by atoms with Crippen molar-refractivity contribution >= 4 is 34.7 Å². The van der Waals surface area contributed by atoms with E-state index in [1.54, 1.807) is 36.5 Å². The standard InChI is InChI=1S/C20H21ClN4O2S/c1-14(27-16-5-2-4-15(21)12-16)20(26)25-9-7-24(8-10-25)19-13-17(22-23-19)18-6-3-11-28-18/h2-6,11-14H,7-10H2,1H3,(H,22,23)/t14-/m1/s1. The van der Waals surface area contributed by atoms with Gasteiger partial charge in [0.15, 0.2) is 11.9 Å². The van der Waals surface area contributed by atoms with Gasteiger partial charge in [-0.05, 0) is 36.6 Å². The van der Waals surface area contributed by atoms with Crippen molar-refractivity contribution in [3.05, 3.63) is 52.9 Å². The maximum Gasteiger partial charge on any atom is 0.263 e. The largest absolute Gasteiger partial charge is 0.481 e. The molecular formula is C20H21ClN4O2S. The molecule has 0 radical (unpaired) electrons. The molecule has 1 aromatic carbocycles. The number of nitrogens with zero attached hydrogens (tertiary/aromatic N) is 3. The molecule has 1 aliphatic heterocycles. The number of nitrogens with one attached hydrogen (secondary N) is 1. The van der Waals surface area contributed by atoms with Crippen LogP contribution in [-0.4, -0.2) is 53.3 Å². The number of anilines is 1. The highest BCUT2D eigenvalue weighted by molar-refractivity contribution is 7.13. The molecule has 1 amide bonds. The second kappa shape index (κ2) is 8.24. The Labute approximate surface area is 172 Å². The van der Waals surface area contributed by atoms with Crippen molar-refractivity contribution in [3.63, 3.8) is 0 Å². The lowest BCUT2D eigenvalue weighted by atomic mass is 10.2. The van der Waals surface area contributed by atoms with Crippen molar-refractivity contribution in [1.29, 1.82) is 0 Å². The molecule has 4 rings (SSSR count). The topological polar surface area (TPSA) is 61.5 Å². The van der Waals surface area contributed by atoms with Gasteiger partial charge in [-0.15, -0.1) is 11.3 Å². The van der Waals surface area contributed by atoms with Crippen LogP contribution in [0.4, 0.5) is 5.82 Å². The molecule has 0 bridgehead atoms. The van der Waals surface area contributed by atoms with Crippen LogP contribution < -0.4 is 9.64 Å². The van der Waals surface area contributed by atoms with Crippen LogP contribution in [0.2, 0.25) is 5.02 Å². The Bertz CT molecular complexity index is 935. The van der Waals surface area contributed by atoms with E-state index in [0.29, 0.717) is 23.9 Å². The van der Waals surface area contributed by atoms with E-state index in [9.17, 15) is 4.79 Å². The van der Waals surface area contributed by atoms with Gasteiger partial charge in [0.05, 0.1) is 10.6 Å². The first-order valence-corrected chi connectivity index (χ1v) is 10.4. The number of aromatic amines is 1. The van der Waals surface area contributed by atoms with Gasteiger partial charge in [0.25, 0.3) is 5.91 Å². The molecule has 1 fully saturated rings. The highest BCUT2D eigenvalue weighted by Gasteiger charge is 2.27. The molecule has 0 saturated carbocycles. The number of piperazine rings is 1. The van der Waals surface area contributed by atoms with E-state index in [-0.39, 0.29) is 5.91 Å². The molecule has 3 heterocycles. The van der Waals surface area contributed by atoms with Gasteiger partial charge in [-0.2, -0.15) is 5.10 Å². The van der Waals surface area contributed by atoms with Gasteiger partial charge in [0.1, 0.15) is 5.75 Å². The molecule has 8 heteroatoms. The Morgan fingerprint density at radius 3 is 2.75 bits per heavy atom. The number of hydrogen-bond acceptors (Lipinski definition) is 5. The minimum absolute atomic E-state index is 0.0130. The summed E-state index contributed by atoms with van der Waals surface area (Å²) in [4.78, 5) is 17.9. The van der Waals surface area contributed by atoms with Crippen LogP contribution in [-0.2, 0) is 4.79 Å². The number of carbonyl (C=O) groups excluding carboxylic acids is 1. The lowest BCUT2D eigenvalue weighted by Crippen LogP contribution is -2.52. The SMILES string of the molecule is C[C@@H](Oc1cccc(Cl)c1)C(=O)N1CCN(c2cc(-c3cccs3)[nH]n2)CC1. The molecule has 0 unspecified atom stereocenters. The Balaban J connectivity index is 1.33. The zero-order valence-corrected chi connectivity index (χ0v) is 17.0. The van der Waals surface area contributed by atoms with E-state index in [0.717, 1.165) is 24.6 Å². The van der Waals surface area contributed by atoms with E-state index < -0.39 is 6.10 Å². The summed E-state index contributed by atoms with van der Waals surface area (Å²) in [6.07, 6.45) is -0.555. The predicted octanol–water partition coefficient (Wildman–Crippen LogP) is 3.91. The zero-order valence-electron chi connectivity index (χ0n) is 15.5. The predicted molar refractivity (Wildman–Crippen MR) is 112 cm³/mol. The van der Waals surface area contributed by atoms with Crippen molar-refractivity contribution in [2.45, 2.75) is 13.0 Å². The fourth-order valence-electron chi connectivity index (χ4n) is 3.24. The Kier molecular flexibility index (Phi) is 5.54. The third-order valence-corrected chi connectivity index (χ3v) is 5.86. The number of H-pyrrole nitrogens is 1. The number of halogens is 1. The number of benzene rings is 1. The van der Waals surface area contributed by atoms with Gasteiger partial charge in [-0.3, -0.25) is 9.89 Å². The van der Waals surface area contributed by atoms with Crippen LogP contribution in [0, 0.1) is 0 Å². The summed E-state index contributed by atoms with van der Waals surface area (Å²) in [5.41, 5.74) is 1.02. The summed E-state index contributed by atoms with van der Waals surface area (Å²) in [5.74, 6) is 1.50. The Hall–Kier alpha value is -2.51. The lowest BCUT2D eigenvalue weighted by molar-refractivity contribution is -0.138. The number of carbonyl (C=O) groups is 1. The highest BCUT2D eigenvalue weighted by Crippen LogP contribution is 2.26. The minimum Gasteiger partial charge on any atom is -0.481 e. The fraction of sp³-hybridized carbons (Fsp3) is 0.300. The molecule has 0 aliphatic carbocycles. The van der Waals surface area contributed by atoms with E-state index in [1.165, 1.54) is 4.88 Å². The van der Waals surface area contributed by atoms with Crippen LogP contribution in [0.3, 0.4) is 0 Å². The number of rotatable bonds is 5. The molecule has 1 saturated heterocycles. The maximum absolute atomic E-state index is 12.7. The fourth-order valence-corrected chi connectivity index (χ4v) is 4.11. The van der Waals surface area contributed by atoms with Crippen LogP contribution in [0.5, 0.6) is 5.75 Å². The van der Waals surface area contributed by atoms with Gasteiger partial charge in [-0.1, -0.05) is 23.7 Å². The van der Waals surface area contributed by atoms with E-state index >= 15 is 0 Å². The van der Waals surface area contributed by atoms with E-state index in [4.69, 9.17) is 16.3 Å². The Morgan fingerprint density at radius 1 is 1.21 bits per heavy atom. The lowest BCUT2D eigenvalue weighted by Gasteiger charge is -2.35. The van der Waals surface area contributed by atoms with Gasteiger partial charge in [0.2, 0.25) is 0 Å². The average molecular weight is 417 g/mol. The number of thiophene rings is 1. The van der Waals surface area contributed by atoms with Crippen molar-refractivity contribution in [2.75, 3.05) is 31.1 Å². The third kappa shape index (κ3) is 4.15. The molecule has 28 heavy (non-hydrogen) atoms. The number of amides is 1. The summed E-state index contributed by atoms with van der Waals surface area (Å²) < 4.78 is 5.76. The summed E-state index contributed by atoms with van der Waals surface area (Å²) in [5, 5.41) is 10.2. The van der Waals surface area contributed by atoms with Gasteiger partial charge in [-0.25, -0.2) is 0 Å². The Morgan fingerprint density at radius 2 is 2.04 bits per heavy atom. The van der Waals surface area contributed by atoms with E-state index in [1.807, 2.05) is 22.4 Å². The number of ether oxygens (including phenoxy) is 1. The molecule has 1 atom stereocenters. The van der Waals surface area contributed by atoms with Crippen LogP contribution in [0.1, 0.15) is 6.92 Å². The molecule has 1 N–H and O–H groups in total. The molecule has 6 nitrogen and oxygen atoms in total. The van der Waals surface area contributed by atoms with Gasteiger partial charge < -0.3 is 14.5 Å². The molecule has 3 aromatic rings. The van der Waals surface area contributed by atoms with Crippen LogP contribution >= 0.6 is 22.9 Å². The first kappa shape index (κ1) is 18.8. The van der Waals surface area contributed by atoms with Gasteiger partial charge >= 0.3 is 0 Å². The molecule has 2 aromatic heterocycles. The third-order valence-electron chi connectivity index (χ3n) is 4.72. The number of hydrogen-bond donors (Lipinski definition) is 1. The highest BCUT2D eigenvalue weighted by atomic mass is 35.5. The minimum atomic E-state index is -0.555. The quantitative estimate of drug-likeness (QED) is 0.685. The molecule has 146 valence electrons. The van der Waals surface area contributed by atoms with Crippen molar-refractivity contribution in [1.82, 2.24) is 15.1 Å². The summed E-state index contributed by atoms with van der Waals surface area (Å²) >= 11 is 7.66. The normalized spacial score (nSPS) is 15.5. The van der Waals surface area contributed by atoms with E-state index in [2.05, 4.69) is 27.2 Å². The summed E-state index contributed by atoms with van der Waals surface area (Å²) in [6, 6.07) is 13.3. The first-order chi connectivity index (χ1) is 13.6. The maximum atomic E-state index is 12.7. The van der Waals surface area contributed by atoms with Crippen molar-refractivity contribution in [2.24, 2.45) is 0 Å². The summed E-state index contributed by atoms with van der Waals surface area (Å²) in [7, 11) is 0. The van der Waals surface area contributed by atoms with Crippen molar-refractivity contribution < 1.29 is 9.53 Å². The second-order valence-corrected chi connectivity index (χ2v) is 8.03. The molecular weight excluding hydrogens is 396 g/mol. The first-order valence-electron chi connectivity index (χ1n) is 9.15. The van der Waals surface area contributed by atoms with Gasteiger partial charge in [0, 0.05) is 37.3 Å².